The van der Waals surface area contributed by atoms with E-state index in [1.807, 2.05) is 24.3 Å². The van der Waals surface area contributed by atoms with Crippen LogP contribution in [0.15, 0.2) is 66.9 Å². The number of phenolic OH excluding ortho intramolecular Hbond substituents is 1. The van der Waals surface area contributed by atoms with Crippen molar-refractivity contribution in [2.45, 2.75) is 20.0 Å². The molecule has 0 bridgehead atoms. The number of aromatic hydroxyl groups is 1. The van der Waals surface area contributed by atoms with Gasteiger partial charge in [0.25, 0.3) is 0 Å². The van der Waals surface area contributed by atoms with Gasteiger partial charge in [-0.05, 0) is 48.4 Å². The van der Waals surface area contributed by atoms with Crippen molar-refractivity contribution in [3.8, 4) is 34.3 Å². The number of aryl methyl sites for hydroxylation is 1. The molecule has 7 heteroatoms. The van der Waals surface area contributed by atoms with Gasteiger partial charge in [-0.15, -0.1) is 0 Å². The molecule has 0 fully saturated rings. The van der Waals surface area contributed by atoms with Crippen LogP contribution < -0.4 is 9.47 Å². The molecule has 5 nitrogen and oxygen atoms in total. The second kappa shape index (κ2) is 9.33. The number of hydrogen-bond donors (Lipinski definition) is 2. The van der Waals surface area contributed by atoms with Gasteiger partial charge in [0, 0.05) is 27.2 Å². The second-order valence-electron chi connectivity index (χ2n) is 6.91. The molecule has 0 atom stereocenters. The highest BCUT2D eigenvalue weighted by Gasteiger charge is 2.15. The fraction of sp³-hybridized carbons (Fsp3) is 0.125. The summed E-state index contributed by atoms with van der Waals surface area (Å²) in [6.07, 6.45) is 2.54. The van der Waals surface area contributed by atoms with Crippen LogP contribution in [0, 0.1) is 0 Å². The molecule has 31 heavy (non-hydrogen) atoms. The predicted molar refractivity (Wildman–Crippen MR) is 122 cm³/mol. The highest BCUT2D eigenvalue weighted by molar-refractivity contribution is 6.35. The van der Waals surface area contributed by atoms with Crippen molar-refractivity contribution in [2.75, 3.05) is 0 Å². The molecular weight excluding hydrogens is 435 g/mol. The highest BCUT2D eigenvalue weighted by Crippen LogP contribution is 2.38. The summed E-state index contributed by atoms with van der Waals surface area (Å²) in [4.78, 5) is 0. The van der Waals surface area contributed by atoms with E-state index in [2.05, 4.69) is 17.1 Å². The van der Waals surface area contributed by atoms with Crippen molar-refractivity contribution in [1.29, 1.82) is 0 Å². The fourth-order valence-corrected chi connectivity index (χ4v) is 3.54. The first kappa shape index (κ1) is 21.1. The molecule has 4 aromatic rings. The van der Waals surface area contributed by atoms with E-state index in [1.165, 1.54) is 5.56 Å². The lowest BCUT2D eigenvalue weighted by molar-refractivity contribution is 0.304. The van der Waals surface area contributed by atoms with Gasteiger partial charge in [0.2, 0.25) is 0 Å². The van der Waals surface area contributed by atoms with Crippen molar-refractivity contribution in [2.24, 2.45) is 0 Å². The Labute approximate surface area is 190 Å². The van der Waals surface area contributed by atoms with Crippen LogP contribution in [0.3, 0.4) is 0 Å². The zero-order valence-corrected chi connectivity index (χ0v) is 18.2. The van der Waals surface area contributed by atoms with E-state index in [-0.39, 0.29) is 12.4 Å². The van der Waals surface area contributed by atoms with Gasteiger partial charge in [-0.2, -0.15) is 5.10 Å². The normalized spacial score (nSPS) is 10.8. The SMILES string of the molecule is CCc1ccc(Oc2cn[nH]c2-c2ccc(OCc3ccc(Cl)cc3Cl)cc2O)cc1. The van der Waals surface area contributed by atoms with Gasteiger partial charge >= 0.3 is 0 Å². The molecule has 0 unspecified atom stereocenters. The number of hydrogen-bond acceptors (Lipinski definition) is 4. The number of phenols is 1. The van der Waals surface area contributed by atoms with Crippen LogP contribution in [0.2, 0.25) is 10.0 Å². The number of aromatic nitrogens is 2. The third-order valence-corrected chi connectivity index (χ3v) is 5.40. The van der Waals surface area contributed by atoms with Crippen molar-refractivity contribution in [3.05, 3.63) is 88.0 Å². The Bertz CT molecular complexity index is 1190. The Kier molecular flexibility index (Phi) is 6.35. The third-order valence-electron chi connectivity index (χ3n) is 4.81. The standard InChI is InChI=1S/C24H20Cl2N2O3/c1-2-15-3-7-18(8-4-15)31-23-13-27-28-24(23)20-10-9-19(12-22(20)29)30-14-16-5-6-17(25)11-21(16)26/h3-13,29H,2,14H2,1H3,(H,27,28). The Morgan fingerprint density at radius 2 is 1.74 bits per heavy atom. The molecule has 4 rings (SSSR count). The summed E-state index contributed by atoms with van der Waals surface area (Å²) >= 11 is 12.1. The summed E-state index contributed by atoms with van der Waals surface area (Å²) in [7, 11) is 0. The van der Waals surface area contributed by atoms with Crippen molar-refractivity contribution >= 4 is 23.2 Å². The fourth-order valence-electron chi connectivity index (χ4n) is 3.08. The molecule has 0 amide bonds. The van der Waals surface area contributed by atoms with E-state index >= 15 is 0 Å². The Morgan fingerprint density at radius 3 is 2.45 bits per heavy atom. The molecule has 0 radical (unpaired) electrons. The van der Waals surface area contributed by atoms with Gasteiger partial charge in [0.15, 0.2) is 5.75 Å². The average Bonchev–Trinajstić information content (AvgIpc) is 3.21. The van der Waals surface area contributed by atoms with E-state index in [9.17, 15) is 5.11 Å². The van der Waals surface area contributed by atoms with Gasteiger partial charge in [-0.3, -0.25) is 5.10 Å². The summed E-state index contributed by atoms with van der Waals surface area (Å²) in [5.74, 6) is 1.75. The molecule has 0 saturated carbocycles. The molecule has 1 aromatic heterocycles. The van der Waals surface area contributed by atoms with Crippen molar-refractivity contribution in [1.82, 2.24) is 10.2 Å². The molecule has 3 aromatic carbocycles. The van der Waals surface area contributed by atoms with Crippen molar-refractivity contribution in [3.63, 3.8) is 0 Å². The van der Waals surface area contributed by atoms with Crippen molar-refractivity contribution < 1.29 is 14.6 Å². The van der Waals surface area contributed by atoms with Crippen LogP contribution in [0.25, 0.3) is 11.3 Å². The number of ether oxygens (including phenoxy) is 2. The molecule has 0 saturated heterocycles. The zero-order chi connectivity index (χ0) is 21.8. The van der Waals surface area contributed by atoms with Crippen LogP contribution in [-0.2, 0) is 13.0 Å². The quantitative estimate of drug-likeness (QED) is 0.314. The molecule has 2 N–H and O–H groups in total. The van der Waals surface area contributed by atoms with Crippen LogP contribution in [0.1, 0.15) is 18.1 Å². The first-order valence-electron chi connectivity index (χ1n) is 9.73. The first-order valence-corrected chi connectivity index (χ1v) is 10.5. The number of H-pyrrole nitrogens is 1. The minimum Gasteiger partial charge on any atom is -0.507 e. The van der Waals surface area contributed by atoms with E-state index in [0.717, 1.165) is 12.0 Å². The number of nitrogens with one attached hydrogen (secondary N) is 1. The molecule has 0 spiro atoms. The monoisotopic (exact) mass is 454 g/mol. The molecule has 0 aliphatic heterocycles. The lowest BCUT2D eigenvalue weighted by Gasteiger charge is -2.11. The second-order valence-corrected chi connectivity index (χ2v) is 7.76. The third kappa shape index (κ3) is 4.95. The predicted octanol–water partition coefficient (Wildman–Crippen LogP) is 7.02. The molecule has 0 aliphatic rings. The maximum atomic E-state index is 10.6. The summed E-state index contributed by atoms with van der Waals surface area (Å²) in [5.41, 5.74) is 3.15. The number of benzene rings is 3. The summed E-state index contributed by atoms with van der Waals surface area (Å²) in [6, 6.07) is 18.1. The van der Waals surface area contributed by atoms with Gasteiger partial charge in [0.05, 0.1) is 6.20 Å². The lowest BCUT2D eigenvalue weighted by Crippen LogP contribution is -1.96. The molecule has 0 aliphatic carbocycles. The number of rotatable bonds is 7. The minimum absolute atomic E-state index is 0.0372. The van der Waals surface area contributed by atoms with Crippen LogP contribution in [-0.4, -0.2) is 15.3 Å². The van der Waals surface area contributed by atoms with Gasteiger partial charge in [-0.1, -0.05) is 48.3 Å². The van der Waals surface area contributed by atoms with Gasteiger partial charge in [-0.25, -0.2) is 0 Å². The average molecular weight is 455 g/mol. The Balaban J connectivity index is 1.50. The smallest absolute Gasteiger partial charge is 0.173 e. The Hall–Kier alpha value is -3.15. The number of halogens is 2. The summed E-state index contributed by atoms with van der Waals surface area (Å²) < 4.78 is 11.7. The van der Waals surface area contributed by atoms with E-state index in [4.69, 9.17) is 32.7 Å². The summed E-state index contributed by atoms with van der Waals surface area (Å²) in [5, 5.41) is 18.6. The molecule has 158 valence electrons. The first-order chi connectivity index (χ1) is 15.0. The Morgan fingerprint density at radius 1 is 0.968 bits per heavy atom. The number of nitrogens with zero attached hydrogens (tertiary/aromatic N) is 1. The van der Waals surface area contributed by atoms with Crippen LogP contribution in [0.4, 0.5) is 0 Å². The van der Waals surface area contributed by atoms with Gasteiger partial charge < -0.3 is 14.6 Å². The maximum absolute atomic E-state index is 10.6. The van der Waals surface area contributed by atoms with E-state index in [1.54, 1.807) is 42.6 Å². The van der Waals surface area contributed by atoms with Crippen LogP contribution in [0.5, 0.6) is 23.0 Å². The van der Waals surface area contributed by atoms with E-state index < -0.39 is 0 Å². The zero-order valence-electron chi connectivity index (χ0n) is 16.7. The lowest BCUT2D eigenvalue weighted by atomic mass is 10.1. The van der Waals surface area contributed by atoms with Crippen LogP contribution >= 0.6 is 23.2 Å². The largest absolute Gasteiger partial charge is 0.507 e. The topological polar surface area (TPSA) is 67.4 Å². The summed E-state index contributed by atoms with van der Waals surface area (Å²) in [6.45, 7) is 2.35. The van der Waals surface area contributed by atoms with E-state index in [0.29, 0.717) is 38.6 Å². The molecular formula is C24H20Cl2N2O3. The maximum Gasteiger partial charge on any atom is 0.173 e. The number of aromatic amines is 1. The minimum atomic E-state index is 0.0372. The van der Waals surface area contributed by atoms with Gasteiger partial charge in [0.1, 0.15) is 29.5 Å². The highest BCUT2D eigenvalue weighted by atomic mass is 35.5. The molecule has 1 heterocycles.